The molecule has 0 aliphatic heterocycles. The van der Waals surface area contributed by atoms with Crippen molar-refractivity contribution in [3.63, 3.8) is 0 Å². The summed E-state index contributed by atoms with van der Waals surface area (Å²) in [6.45, 7) is 0. The summed E-state index contributed by atoms with van der Waals surface area (Å²) in [5.74, 6) is 0.609. The molecule has 2 aromatic carbocycles. The van der Waals surface area contributed by atoms with Crippen molar-refractivity contribution in [3.05, 3.63) is 60.2 Å². The predicted octanol–water partition coefficient (Wildman–Crippen LogP) is 3.09. The molecule has 0 aliphatic carbocycles. The van der Waals surface area contributed by atoms with Crippen LogP contribution in [-0.4, -0.2) is 10.9 Å². The monoisotopic (exact) mass is 245 g/mol. The topological polar surface area (TPSA) is 46.2 Å². The molecule has 2 nitrogen and oxygen atoms in total. The van der Waals surface area contributed by atoms with Crippen LogP contribution in [0.2, 0.25) is 0 Å². The highest BCUT2D eigenvalue weighted by Crippen LogP contribution is 2.28. The van der Waals surface area contributed by atoms with Crippen molar-refractivity contribution in [1.29, 1.82) is 0 Å². The molecule has 2 aromatic rings. The fourth-order valence-electron chi connectivity index (χ4n) is 1.55. The number of aliphatic hydroxyl groups excluding tert-OH is 1. The molecule has 0 heterocycles. The number of nitrogens with two attached hydrogens (primary N) is 1. The minimum Gasteiger partial charge on any atom is -0.398 e. The van der Waals surface area contributed by atoms with Gasteiger partial charge < -0.3 is 10.8 Å². The average Bonchev–Trinajstić information content (AvgIpc) is 2.38. The Kier molecular flexibility index (Phi) is 4.07. The maximum absolute atomic E-state index is 10.0. The molecule has 0 bridgehead atoms. The molecule has 17 heavy (non-hydrogen) atoms. The zero-order valence-electron chi connectivity index (χ0n) is 9.41. The van der Waals surface area contributed by atoms with Gasteiger partial charge in [0.15, 0.2) is 0 Å². The molecule has 1 atom stereocenters. The van der Waals surface area contributed by atoms with Gasteiger partial charge in [0.25, 0.3) is 0 Å². The quantitative estimate of drug-likeness (QED) is 0.642. The van der Waals surface area contributed by atoms with Gasteiger partial charge in [0.1, 0.15) is 0 Å². The lowest BCUT2D eigenvalue weighted by molar-refractivity contribution is 0.204. The van der Waals surface area contributed by atoms with Crippen molar-refractivity contribution in [2.75, 3.05) is 11.5 Å². The van der Waals surface area contributed by atoms with E-state index in [-0.39, 0.29) is 0 Å². The molecule has 2 rings (SSSR count). The minimum absolute atomic E-state index is 0.458. The van der Waals surface area contributed by atoms with Gasteiger partial charge in [-0.05, 0) is 17.7 Å². The summed E-state index contributed by atoms with van der Waals surface area (Å²) >= 11 is 1.57. The standard InChI is InChI=1S/C14H15NOS/c15-12-8-4-5-9-14(12)17-10-13(16)11-6-2-1-3-7-11/h1-9,13,16H,10,15H2. The van der Waals surface area contributed by atoms with E-state index in [4.69, 9.17) is 5.73 Å². The first-order valence-electron chi connectivity index (χ1n) is 5.47. The maximum Gasteiger partial charge on any atom is 0.0883 e. The maximum atomic E-state index is 10.0. The fraction of sp³-hybridized carbons (Fsp3) is 0.143. The molecule has 0 spiro atoms. The number of anilines is 1. The third kappa shape index (κ3) is 3.25. The van der Waals surface area contributed by atoms with Gasteiger partial charge in [0, 0.05) is 16.3 Å². The molecule has 0 amide bonds. The zero-order valence-corrected chi connectivity index (χ0v) is 10.2. The first kappa shape index (κ1) is 12.0. The van der Waals surface area contributed by atoms with Gasteiger partial charge in [0.2, 0.25) is 0 Å². The van der Waals surface area contributed by atoms with E-state index in [2.05, 4.69) is 0 Å². The number of hydrogen-bond acceptors (Lipinski definition) is 3. The Morgan fingerprint density at radius 3 is 2.35 bits per heavy atom. The lowest BCUT2D eigenvalue weighted by Gasteiger charge is -2.11. The lowest BCUT2D eigenvalue weighted by atomic mass is 10.1. The normalized spacial score (nSPS) is 12.3. The van der Waals surface area contributed by atoms with E-state index in [0.29, 0.717) is 5.75 Å². The first-order chi connectivity index (χ1) is 8.27. The molecule has 0 radical (unpaired) electrons. The summed E-state index contributed by atoms with van der Waals surface area (Å²) in [4.78, 5) is 1.02. The van der Waals surface area contributed by atoms with Crippen molar-refractivity contribution >= 4 is 17.4 Å². The smallest absolute Gasteiger partial charge is 0.0883 e. The number of nitrogen functional groups attached to an aromatic ring is 1. The van der Waals surface area contributed by atoms with Crippen molar-refractivity contribution in [2.45, 2.75) is 11.0 Å². The minimum atomic E-state index is -0.458. The summed E-state index contributed by atoms with van der Waals surface area (Å²) in [5.41, 5.74) is 7.54. The van der Waals surface area contributed by atoms with Gasteiger partial charge >= 0.3 is 0 Å². The Balaban J connectivity index is 1.97. The molecule has 0 saturated carbocycles. The highest BCUT2D eigenvalue weighted by Gasteiger charge is 2.08. The van der Waals surface area contributed by atoms with Crippen LogP contribution in [0.4, 0.5) is 5.69 Å². The van der Waals surface area contributed by atoms with Crippen LogP contribution in [-0.2, 0) is 0 Å². The van der Waals surface area contributed by atoms with Crippen LogP contribution in [0.3, 0.4) is 0 Å². The van der Waals surface area contributed by atoms with Crippen LogP contribution >= 0.6 is 11.8 Å². The molecule has 0 saturated heterocycles. The van der Waals surface area contributed by atoms with Crippen LogP contribution in [0, 0.1) is 0 Å². The number of aliphatic hydroxyl groups is 1. The van der Waals surface area contributed by atoms with E-state index < -0.39 is 6.10 Å². The Labute approximate surface area is 105 Å². The summed E-state index contributed by atoms with van der Waals surface area (Å²) in [6.07, 6.45) is -0.458. The molecule has 0 aromatic heterocycles. The van der Waals surface area contributed by atoms with Gasteiger partial charge in [-0.1, -0.05) is 42.5 Å². The molecular weight excluding hydrogens is 230 g/mol. The summed E-state index contributed by atoms with van der Waals surface area (Å²) in [5, 5.41) is 10.0. The van der Waals surface area contributed by atoms with E-state index in [1.807, 2.05) is 54.6 Å². The van der Waals surface area contributed by atoms with Crippen LogP contribution in [0.5, 0.6) is 0 Å². The van der Waals surface area contributed by atoms with E-state index in [9.17, 15) is 5.11 Å². The van der Waals surface area contributed by atoms with Crippen molar-refractivity contribution in [2.24, 2.45) is 0 Å². The van der Waals surface area contributed by atoms with Gasteiger partial charge in [-0.3, -0.25) is 0 Å². The number of benzene rings is 2. The van der Waals surface area contributed by atoms with E-state index >= 15 is 0 Å². The van der Waals surface area contributed by atoms with E-state index in [1.54, 1.807) is 11.8 Å². The second-order valence-corrected chi connectivity index (χ2v) is 4.84. The third-order valence-corrected chi connectivity index (χ3v) is 3.67. The number of rotatable bonds is 4. The zero-order chi connectivity index (χ0) is 12.1. The SMILES string of the molecule is Nc1ccccc1SCC(O)c1ccccc1. The van der Waals surface area contributed by atoms with Crippen LogP contribution in [0.25, 0.3) is 0 Å². The van der Waals surface area contributed by atoms with E-state index in [1.165, 1.54) is 0 Å². The average molecular weight is 245 g/mol. The molecular formula is C14H15NOS. The Morgan fingerprint density at radius 1 is 1.00 bits per heavy atom. The molecule has 0 aliphatic rings. The van der Waals surface area contributed by atoms with Crippen molar-refractivity contribution in [1.82, 2.24) is 0 Å². The lowest BCUT2D eigenvalue weighted by Crippen LogP contribution is -2.00. The van der Waals surface area contributed by atoms with Crippen LogP contribution in [0.15, 0.2) is 59.5 Å². The molecule has 0 fully saturated rings. The van der Waals surface area contributed by atoms with Crippen molar-refractivity contribution < 1.29 is 5.11 Å². The van der Waals surface area contributed by atoms with Crippen LogP contribution < -0.4 is 5.73 Å². The summed E-state index contributed by atoms with van der Waals surface area (Å²) in [6, 6.07) is 17.4. The van der Waals surface area contributed by atoms with Crippen LogP contribution in [0.1, 0.15) is 11.7 Å². The van der Waals surface area contributed by atoms with Gasteiger partial charge in [-0.25, -0.2) is 0 Å². The molecule has 3 heteroatoms. The van der Waals surface area contributed by atoms with Gasteiger partial charge in [0.05, 0.1) is 6.10 Å². The number of para-hydroxylation sites is 1. The number of thioether (sulfide) groups is 1. The first-order valence-corrected chi connectivity index (χ1v) is 6.46. The fourth-order valence-corrected chi connectivity index (χ4v) is 2.49. The van der Waals surface area contributed by atoms with E-state index in [0.717, 1.165) is 16.1 Å². The third-order valence-electron chi connectivity index (χ3n) is 2.50. The largest absolute Gasteiger partial charge is 0.398 e. The second-order valence-electron chi connectivity index (χ2n) is 3.78. The summed E-state index contributed by atoms with van der Waals surface area (Å²) < 4.78 is 0. The molecule has 1 unspecified atom stereocenters. The highest BCUT2D eigenvalue weighted by molar-refractivity contribution is 7.99. The van der Waals surface area contributed by atoms with Gasteiger partial charge in [-0.15, -0.1) is 11.8 Å². The Bertz CT molecular complexity index is 473. The molecule has 88 valence electrons. The molecule has 3 N–H and O–H groups in total. The summed E-state index contributed by atoms with van der Waals surface area (Å²) in [7, 11) is 0. The van der Waals surface area contributed by atoms with Crippen molar-refractivity contribution in [3.8, 4) is 0 Å². The number of hydrogen-bond donors (Lipinski definition) is 2. The Morgan fingerprint density at radius 2 is 1.65 bits per heavy atom. The second kappa shape index (κ2) is 5.75. The van der Waals surface area contributed by atoms with Gasteiger partial charge in [-0.2, -0.15) is 0 Å². The predicted molar refractivity (Wildman–Crippen MR) is 73.0 cm³/mol. The highest BCUT2D eigenvalue weighted by atomic mass is 32.2. The Hall–Kier alpha value is -1.45.